The predicted octanol–water partition coefficient (Wildman–Crippen LogP) is 3.44. The number of hydrogen-bond acceptors (Lipinski definition) is 4. The highest BCUT2D eigenvalue weighted by atomic mass is 32.2. The van der Waals surface area contributed by atoms with Gasteiger partial charge in [-0.2, -0.15) is 0 Å². The number of thiophene rings is 1. The fourth-order valence-electron chi connectivity index (χ4n) is 2.66. The highest BCUT2D eigenvalue weighted by Crippen LogP contribution is 2.33. The van der Waals surface area contributed by atoms with Gasteiger partial charge in [-0.1, -0.05) is 18.2 Å². The van der Waals surface area contributed by atoms with Gasteiger partial charge in [0.05, 0.1) is 11.2 Å². The van der Waals surface area contributed by atoms with Crippen molar-refractivity contribution in [2.24, 2.45) is 0 Å². The lowest BCUT2D eigenvalue weighted by molar-refractivity contribution is 0.133. The molecule has 7 heteroatoms. The van der Waals surface area contributed by atoms with Crippen molar-refractivity contribution in [2.75, 3.05) is 18.5 Å². The molecule has 0 aliphatic rings. The molecule has 0 bridgehead atoms. The summed E-state index contributed by atoms with van der Waals surface area (Å²) in [4.78, 5) is 0. The van der Waals surface area contributed by atoms with Gasteiger partial charge >= 0.3 is 0 Å². The lowest BCUT2D eigenvalue weighted by atomic mass is 10.2. The lowest BCUT2D eigenvalue weighted by Gasteiger charge is -2.21. The van der Waals surface area contributed by atoms with Gasteiger partial charge in [-0.25, -0.2) is 8.42 Å². The topological polar surface area (TPSA) is 51.5 Å². The second kappa shape index (κ2) is 5.99. The van der Waals surface area contributed by atoms with Crippen LogP contribution >= 0.6 is 11.3 Å². The quantitative estimate of drug-likeness (QED) is 0.708. The second-order valence-corrected chi connectivity index (χ2v) is 8.39. The molecule has 0 amide bonds. The highest BCUT2D eigenvalue weighted by Gasteiger charge is 2.25. The molecule has 2 heterocycles. The molecule has 1 aromatic carbocycles. The van der Waals surface area contributed by atoms with Gasteiger partial charge in [-0.15, -0.1) is 11.3 Å². The van der Waals surface area contributed by atoms with Crippen LogP contribution in [0.5, 0.6) is 0 Å². The largest absolute Gasteiger partial charge is 0.364 e. The van der Waals surface area contributed by atoms with Crippen LogP contribution in [0.3, 0.4) is 0 Å². The minimum atomic E-state index is -3.56. The van der Waals surface area contributed by atoms with Gasteiger partial charge < -0.3 is 9.30 Å². The number of fused-ring (bicyclic) bond motifs is 1. The zero-order valence-corrected chi connectivity index (χ0v) is 14.8. The van der Waals surface area contributed by atoms with Crippen LogP contribution in [-0.2, 0) is 21.5 Å². The molecule has 0 saturated heterocycles. The Hall–Kier alpha value is -1.83. The van der Waals surface area contributed by atoms with Crippen LogP contribution in [0.4, 0.5) is 5.69 Å². The van der Waals surface area contributed by atoms with Gasteiger partial charge in [0.2, 0.25) is 0 Å². The van der Waals surface area contributed by atoms with Crippen molar-refractivity contribution in [3.05, 3.63) is 47.5 Å². The normalized spacial score (nSPS) is 12.0. The first kappa shape index (κ1) is 16.0. The summed E-state index contributed by atoms with van der Waals surface area (Å²) in [6.45, 7) is 2.36. The molecule has 3 rings (SSSR count). The number of methoxy groups -OCH3 is 1. The standard InChI is InChI=1S/C16H18N2O3S2/c1-12-10-13-6-4-7-14(16(13)18(12)11-21-3)17(2)23(19,20)15-8-5-9-22-15/h4-10H,11H2,1-3H3. The average Bonchev–Trinajstić information content (AvgIpc) is 3.16. The van der Waals surface area contributed by atoms with Crippen molar-refractivity contribution in [1.82, 2.24) is 4.57 Å². The molecule has 0 N–H and O–H groups in total. The van der Waals surface area contributed by atoms with Gasteiger partial charge in [0.1, 0.15) is 10.9 Å². The van der Waals surface area contributed by atoms with Crippen LogP contribution in [0.25, 0.3) is 10.9 Å². The smallest absolute Gasteiger partial charge is 0.273 e. The number of rotatable bonds is 5. The van der Waals surface area contributed by atoms with E-state index < -0.39 is 10.0 Å². The molecule has 3 aromatic rings. The first-order chi connectivity index (χ1) is 11.0. The van der Waals surface area contributed by atoms with E-state index in [4.69, 9.17) is 4.74 Å². The Bertz CT molecular complexity index is 928. The van der Waals surface area contributed by atoms with E-state index in [0.29, 0.717) is 16.6 Å². The summed E-state index contributed by atoms with van der Waals surface area (Å²) in [7, 11) is -0.353. The third kappa shape index (κ3) is 2.65. The first-order valence-electron chi connectivity index (χ1n) is 7.07. The zero-order chi connectivity index (χ0) is 16.6. The number of nitrogens with zero attached hydrogens (tertiary/aromatic N) is 2. The van der Waals surface area contributed by atoms with E-state index in [0.717, 1.165) is 16.6 Å². The maximum Gasteiger partial charge on any atom is 0.273 e. The predicted molar refractivity (Wildman–Crippen MR) is 93.6 cm³/mol. The molecule has 0 fully saturated rings. The van der Waals surface area contributed by atoms with Crippen molar-refractivity contribution in [1.29, 1.82) is 0 Å². The molecule has 0 radical (unpaired) electrons. The van der Waals surface area contributed by atoms with E-state index in [1.54, 1.807) is 31.7 Å². The molecule has 0 spiro atoms. The maximum absolute atomic E-state index is 12.8. The molecule has 0 aliphatic heterocycles. The summed E-state index contributed by atoms with van der Waals surface area (Å²) < 4.78 is 34.5. The van der Waals surface area contributed by atoms with Crippen LogP contribution in [0.15, 0.2) is 46.0 Å². The summed E-state index contributed by atoms with van der Waals surface area (Å²) in [5, 5.41) is 2.75. The van der Waals surface area contributed by atoms with Crippen molar-refractivity contribution in [3.63, 3.8) is 0 Å². The Morgan fingerprint density at radius 3 is 2.70 bits per heavy atom. The number of anilines is 1. The molecule has 0 aliphatic carbocycles. The zero-order valence-electron chi connectivity index (χ0n) is 13.2. The molecule has 5 nitrogen and oxygen atoms in total. The van der Waals surface area contributed by atoms with E-state index in [1.165, 1.54) is 15.6 Å². The van der Waals surface area contributed by atoms with Gasteiger partial charge in [0, 0.05) is 25.2 Å². The summed E-state index contributed by atoms with van der Waals surface area (Å²) in [5.41, 5.74) is 2.52. The first-order valence-corrected chi connectivity index (χ1v) is 9.39. The number of aromatic nitrogens is 1. The molecular formula is C16H18N2O3S2. The van der Waals surface area contributed by atoms with E-state index in [9.17, 15) is 8.42 Å². The number of ether oxygens (including phenoxy) is 1. The van der Waals surface area contributed by atoms with E-state index in [2.05, 4.69) is 0 Å². The summed E-state index contributed by atoms with van der Waals surface area (Å²) in [6, 6.07) is 11.1. The average molecular weight is 350 g/mol. The minimum absolute atomic E-state index is 0.332. The SMILES string of the molecule is COCn1c(C)cc2cccc(N(C)S(=O)(=O)c3cccs3)c21. The van der Waals surface area contributed by atoms with Crippen molar-refractivity contribution < 1.29 is 13.2 Å². The van der Waals surface area contributed by atoms with E-state index in [-0.39, 0.29) is 0 Å². The molecule has 122 valence electrons. The Balaban J connectivity index is 2.20. The van der Waals surface area contributed by atoms with E-state index >= 15 is 0 Å². The molecule has 0 atom stereocenters. The molecule has 0 saturated carbocycles. The third-order valence-electron chi connectivity index (χ3n) is 3.81. The van der Waals surface area contributed by atoms with Gasteiger partial charge in [-0.05, 0) is 30.5 Å². The Labute approximate surface area is 139 Å². The maximum atomic E-state index is 12.8. The fourth-order valence-corrected chi connectivity index (χ4v) is 5.03. The molecule has 0 unspecified atom stereocenters. The molecular weight excluding hydrogens is 332 g/mol. The van der Waals surface area contributed by atoms with Crippen molar-refractivity contribution in [2.45, 2.75) is 17.9 Å². The number of sulfonamides is 1. The highest BCUT2D eigenvalue weighted by molar-refractivity contribution is 7.94. The van der Waals surface area contributed by atoms with Crippen LogP contribution in [0, 0.1) is 6.92 Å². The summed E-state index contributed by atoms with van der Waals surface area (Å²) in [5.74, 6) is 0. The van der Waals surface area contributed by atoms with Gasteiger partial charge in [0.15, 0.2) is 0 Å². The third-order valence-corrected chi connectivity index (χ3v) is 6.96. The van der Waals surface area contributed by atoms with Crippen molar-refractivity contribution >= 4 is 38.0 Å². The Morgan fingerprint density at radius 1 is 1.26 bits per heavy atom. The van der Waals surface area contributed by atoms with Crippen LogP contribution < -0.4 is 4.31 Å². The summed E-state index contributed by atoms with van der Waals surface area (Å²) >= 11 is 1.22. The number of aryl methyl sites for hydroxylation is 1. The molecule has 23 heavy (non-hydrogen) atoms. The van der Waals surface area contributed by atoms with Crippen molar-refractivity contribution in [3.8, 4) is 0 Å². The lowest BCUT2D eigenvalue weighted by Crippen LogP contribution is -2.26. The Kier molecular flexibility index (Phi) is 4.18. The Morgan fingerprint density at radius 2 is 2.04 bits per heavy atom. The van der Waals surface area contributed by atoms with Crippen LogP contribution in [0.2, 0.25) is 0 Å². The molecule has 2 aromatic heterocycles. The number of benzene rings is 1. The fraction of sp³-hybridized carbons (Fsp3) is 0.250. The van der Waals surface area contributed by atoms with Crippen LogP contribution in [-0.4, -0.2) is 27.1 Å². The second-order valence-electron chi connectivity index (χ2n) is 5.25. The number of hydrogen-bond donors (Lipinski definition) is 0. The minimum Gasteiger partial charge on any atom is -0.364 e. The number of para-hydroxylation sites is 1. The van der Waals surface area contributed by atoms with Gasteiger partial charge in [0.25, 0.3) is 10.0 Å². The van der Waals surface area contributed by atoms with Gasteiger partial charge in [-0.3, -0.25) is 4.31 Å². The summed E-state index contributed by atoms with van der Waals surface area (Å²) in [6.07, 6.45) is 0. The monoisotopic (exact) mass is 350 g/mol. The van der Waals surface area contributed by atoms with Crippen LogP contribution in [0.1, 0.15) is 5.69 Å². The van der Waals surface area contributed by atoms with E-state index in [1.807, 2.05) is 35.8 Å².